The zero-order valence-corrected chi connectivity index (χ0v) is 15.3. The van der Waals surface area contributed by atoms with Crippen LogP contribution in [0.15, 0.2) is 36.5 Å². The van der Waals surface area contributed by atoms with Crippen molar-refractivity contribution in [3.63, 3.8) is 0 Å². The summed E-state index contributed by atoms with van der Waals surface area (Å²) in [5.41, 5.74) is 1.97. The fourth-order valence-electron chi connectivity index (χ4n) is 2.89. The highest BCUT2D eigenvalue weighted by Crippen LogP contribution is 2.25. The molecule has 1 unspecified atom stereocenters. The minimum absolute atomic E-state index is 0.0279. The van der Waals surface area contributed by atoms with Crippen molar-refractivity contribution < 1.29 is 9.59 Å². The lowest BCUT2D eigenvalue weighted by Crippen LogP contribution is -2.33. The SMILES string of the molecule is Cc1ccc(N2CC(C(=O)NCc3nccc(N(C)C)n3)CC2=O)cc1. The van der Waals surface area contributed by atoms with Crippen LogP contribution in [0.2, 0.25) is 0 Å². The molecule has 2 heterocycles. The Bertz CT molecular complexity index is 804. The summed E-state index contributed by atoms with van der Waals surface area (Å²) in [4.78, 5) is 36.8. The van der Waals surface area contributed by atoms with Crippen molar-refractivity contribution in [3.05, 3.63) is 47.9 Å². The highest BCUT2D eigenvalue weighted by molar-refractivity contribution is 6.00. The Morgan fingerprint density at radius 3 is 2.69 bits per heavy atom. The van der Waals surface area contributed by atoms with E-state index in [4.69, 9.17) is 0 Å². The summed E-state index contributed by atoms with van der Waals surface area (Å²) in [6.07, 6.45) is 1.89. The van der Waals surface area contributed by atoms with Crippen molar-refractivity contribution in [2.75, 3.05) is 30.4 Å². The molecule has 1 aliphatic rings. The number of carbonyl (C=O) groups excluding carboxylic acids is 2. The van der Waals surface area contributed by atoms with Crippen LogP contribution in [0.4, 0.5) is 11.5 Å². The summed E-state index contributed by atoms with van der Waals surface area (Å²) >= 11 is 0. The van der Waals surface area contributed by atoms with Gasteiger partial charge in [0.15, 0.2) is 0 Å². The highest BCUT2D eigenvalue weighted by atomic mass is 16.2. The van der Waals surface area contributed by atoms with Gasteiger partial charge in [0.1, 0.15) is 11.6 Å². The Morgan fingerprint density at radius 1 is 1.27 bits per heavy atom. The molecule has 7 heteroatoms. The molecule has 1 fully saturated rings. The number of aryl methyl sites for hydroxylation is 1. The highest BCUT2D eigenvalue weighted by Gasteiger charge is 2.35. The molecule has 0 bridgehead atoms. The van der Waals surface area contributed by atoms with Gasteiger partial charge in [-0.15, -0.1) is 0 Å². The van der Waals surface area contributed by atoms with E-state index < -0.39 is 0 Å². The molecule has 136 valence electrons. The van der Waals surface area contributed by atoms with E-state index >= 15 is 0 Å². The Balaban J connectivity index is 1.60. The third-order valence-corrected chi connectivity index (χ3v) is 4.41. The first-order chi connectivity index (χ1) is 12.4. The van der Waals surface area contributed by atoms with Gasteiger partial charge in [0, 0.05) is 38.9 Å². The first-order valence-electron chi connectivity index (χ1n) is 8.58. The van der Waals surface area contributed by atoms with E-state index in [1.807, 2.05) is 50.2 Å². The predicted molar refractivity (Wildman–Crippen MR) is 99.8 cm³/mol. The molecule has 0 spiro atoms. The molecule has 1 aromatic carbocycles. The molecule has 1 N–H and O–H groups in total. The van der Waals surface area contributed by atoms with E-state index in [0.717, 1.165) is 17.1 Å². The molecule has 0 radical (unpaired) electrons. The molecule has 1 saturated heterocycles. The standard InChI is InChI=1S/C19H23N5O2/c1-13-4-6-15(7-5-13)24-12-14(10-18(24)25)19(26)21-11-16-20-9-8-17(22-16)23(2)3/h4-9,14H,10-12H2,1-3H3,(H,21,26). The molecule has 1 aliphatic heterocycles. The number of nitrogens with one attached hydrogen (secondary N) is 1. The Labute approximate surface area is 153 Å². The summed E-state index contributed by atoms with van der Waals surface area (Å²) < 4.78 is 0. The molecule has 3 rings (SSSR count). The quantitative estimate of drug-likeness (QED) is 0.882. The van der Waals surface area contributed by atoms with E-state index in [-0.39, 0.29) is 30.7 Å². The van der Waals surface area contributed by atoms with E-state index in [9.17, 15) is 9.59 Å². The van der Waals surface area contributed by atoms with Crippen molar-refractivity contribution in [2.24, 2.45) is 5.92 Å². The lowest BCUT2D eigenvalue weighted by atomic mass is 10.1. The summed E-state index contributed by atoms with van der Waals surface area (Å²) in [7, 11) is 3.79. The Morgan fingerprint density at radius 2 is 2.00 bits per heavy atom. The first kappa shape index (κ1) is 17.8. The van der Waals surface area contributed by atoms with Crippen LogP contribution in [-0.2, 0) is 16.1 Å². The van der Waals surface area contributed by atoms with Gasteiger partial charge < -0.3 is 15.1 Å². The molecule has 26 heavy (non-hydrogen) atoms. The predicted octanol–water partition coefficient (Wildman–Crippen LogP) is 1.52. The van der Waals surface area contributed by atoms with Crippen LogP contribution < -0.4 is 15.1 Å². The number of nitrogens with zero attached hydrogens (tertiary/aromatic N) is 4. The smallest absolute Gasteiger partial charge is 0.227 e. The molecule has 1 atom stereocenters. The maximum atomic E-state index is 12.5. The minimum atomic E-state index is -0.360. The van der Waals surface area contributed by atoms with Gasteiger partial charge in [0.2, 0.25) is 11.8 Å². The van der Waals surface area contributed by atoms with Gasteiger partial charge in [-0.2, -0.15) is 0 Å². The van der Waals surface area contributed by atoms with Gasteiger partial charge in [-0.05, 0) is 25.1 Å². The maximum Gasteiger partial charge on any atom is 0.227 e. The van der Waals surface area contributed by atoms with Crippen LogP contribution in [0.25, 0.3) is 0 Å². The van der Waals surface area contributed by atoms with Gasteiger partial charge >= 0.3 is 0 Å². The second-order valence-electron chi connectivity index (χ2n) is 6.68. The molecule has 2 amide bonds. The molecule has 7 nitrogen and oxygen atoms in total. The number of rotatable bonds is 5. The lowest BCUT2D eigenvalue weighted by molar-refractivity contribution is -0.126. The van der Waals surface area contributed by atoms with E-state index in [2.05, 4.69) is 15.3 Å². The molecule has 0 saturated carbocycles. The van der Waals surface area contributed by atoms with Crippen molar-refractivity contribution in [2.45, 2.75) is 19.9 Å². The fourth-order valence-corrected chi connectivity index (χ4v) is 2.89. The Kier molecular flexibility index (Phi) is 5.16. The zero-order valence-electron chi connectivity index (χ0n) is 15.3. The van der Waals surface area contributed by atoms with E-state index in [0.29, 0.717) is 12.4 Å². The lowest BCUT2D eigenvalue weighted by Gasteiger charge is -2.17. The second-order valence-corrected chi connectivity index (χ2v) is 6.68. The number of benzene rings is 1. The average Bonchev–Trinajstić information content (AvgIpc) is 3.02. The van der Waals surface area contributed by atoms with Crippen LogP contribution >= 0.6 is 0 Å². The monoisotopic (exact) mass is 353 g/mol. The summed E-state index contributed by atoms with van der Waals surface area (Å²) in [5.74, 6) is 0.794. The number of hydrogen-bond acceptors (Lipinski definition) is 5. The number of hydrogen-bond donors (Lipinski definition) is 1. The van der Waals surface area contributed by atoms with Crippen molar-refractivity contribution >= 4 is 23.3 Å². The van der Waals surface area contributed by atoms with Gasteiger partial charge in [-0.3, -0.25) is 9.59 Å². The summed E-state index contributed by atoms with van der Waals surface area (Å²) in [6, 6.07) is 9.55. The first-order valence-corrected chi connectivity index (χ1v) is 8.58. The molecular weight excluding hydrogens is 330 g/mol. The number of aromatic nitrogens is 2. The van der Waals surface area contributed by atoms with Crippen molar-refractivity contribution in [1.29, 1.82) is 0 Å². The average molecular weight is 353 g/mol. The number of carbonyl (C=O) groups is 2. The third kappa shape index (κ3) is 3.99. The molecule has 2 aromatic rings. The summed E-state index contributed by atoms with van der Waals surface area (Å²) in [5, 5.41) is 2.85. The topological polar surface area (TPSA) is 78.4 Å². The van der Waals surface area contributed by atoms with Gasteiger partial charge in [0.25, 0.3) is 0 Å². The molecular formula is C19H23N5O2. The second kappa shape index (κ2) is 7.51. The normalized spacial score (nSPS) is 16.7. The van der Waals surface area contributed by atoms with Crippen LogP contribution in [0.3, 0.4) is 0 Å². The number of amides is 2. The van der Waals surface area contributed by atoms with Gasteiger partial charge in [0.05, 0.1) is 12.5 Å². The molecule has 1 aromatic heterocycles. The fraction of sp³-hybridized carbons (Fsp3) is 0.368. The van der Waals surface area contributed by atoms with Gasteiger partial charge in [-0.1, -0.05) is 17.7 Å². The van der Waals surface area contributed by atoms with E-state index in [1.54, 1.807) is 17.2 Å². The number of anilines is 2. The Hall–Kier alpha value is -2.96. The van der Waals surface area contributed by atoms with Crippen LogP contribution in [0, 0.1) is 12.8 Å². The van der Waals surface area contributed by atoms with Crippen molar-refractivity contribution in [1.82, 2.24) is 15.3 Å². The van der Waals surface area contributed by atoms with Gasteiger partial charge in [-0.25, -0.2) is 9.97 Å². The van der Waals surface area contributed by atoms with Crippen molar-refractivity contribution in [3.8, 4) is 0 Å². The largest absolute Gasteiger partial charge is 0.363 e. The zero-order chi connectivity index (χ0) is 18.7. The minimum Gasteiger partial charge on any atom is -0.363 e. The van der Waals surface area contributed by atoms with Crippen LogP contribution in [-0.4, -0.2) is 42.4 Å². The summed E-state index contributed by atoms with van der Waals surface area (Å²) in [6.45, 7) is 2.64. The van der Waals surface area contributed by atoms with Crippen LogP contribution in [0.5, 0.6) is 0 Å². The molecule has 0 aliphatic carbocycles. The maximum absolute atomic E-state index is 12.5. The van der Waals surface area contributed by atoms with Crippen LogP contribution in [0.1, 0.15) is 17.8 Å². The third-order valence-electron chi connectivity index (χ3n) is 4.41. The van der Waals surface area contributed by atoms with E-state index in [1.165, 1.54) is 0 Å².